The van der Waals surface area contributed by atoms with Gasteiger partial charge in [0.2, 0.25) is 0 Å². The monoisotopic (exact) mass is 539 g/mol. The van der Waals surface area contributed by atoms with Crippen molar-refractivity contribution in [1.29, 1.82) is 0 Å². The van der Waals surface area contributed by atoms with Crippen LogP contribution in [-0.4, -0.2) is 16.6 Å². The molecule has 0 bridgehead atoms. The van der Waals surface area contributed by atoms with Crippen LogP contribution >= 0.6 is 23.2 Å². The van der Waals surface area contributed by atoms with Crippen LogP contribution in [0.4, 0.5) is 0 Å². The van der Waals surface area contributed by atoms with Gasteiger partial charge in [-0.15, -0.1) is 0 Å². The predicted molar refractivity (Wildman–Crippen MR) is 116 cm³/mol. The summed E-state index contributed by atoms with van der Waals surface area (Å²) in [6.07, 6.45) is 0. The zero-order chi connectivity index (χ0) is 21.6. The summed E-state index contributed by atoms with van der Waals surface area (Å²) in [5.74, 6) is -0.254. The predicted octanol–water partition coefficient (Wildman–Crippen LogP) is -0.862. The van der Waals surface area contributed by atoms with Crippen molar-refractivity contribution in [2.75, 3.05) is 0 Å². The van der Waals surface area contributed by atoms with Gasteiger partial charge in [0.25, 0.3) is 0 Å². The fraction of sp³-hybridized carbons (Fsp3) is 0.174. The Kier molecular flexibility index (Phi) is 13.3. The molecule has 0 saturated carbocycles. The van der Waals surface area contributed by atoms with Gasteiger partial charge >= 0.3 is 119 Å². The summed E-state index contributed by atoms with van der Waals surface area (Å²) < 4.78 is 2.32. The molecule has 3 rings (SSSR count). The molecule has 0 aliphatic carbocycles. The van der Waals surface area contributed by atoms with Crippen molar-refractivity contribution in [3.63, 3.8) is 0 Å². The Labute approximate surface area is 211 Å². The van der Waals surface area contributed by atoms with Crippen LogP contribution in [0.1, 0.15) is 46.0 Å². The van der Waals surface area contributed by atoms with Crippen molar-refractivity contribution in [2.24, 2.45) is 0 Å². The maximum atomic E-state index is 10.8. The molecule has 0 N–H and O–H groups in total. The van der Waals surface area contributed by atoms with Crippen LogP contribution < -0.4 is 33.7 Å². The van der Waals surface area contributed by atoms with E-state index in [2.05, 4.69) is 31.0 Å². The van der Waals surface area contributed by atoms with Crippen LogP contribution in [0.25, 0.3) is 0 Å². The molecule has 0 aliphatic heterocycles. The summed E-state index contributed by atoms with van der Waals surface area (Å²) >= 11 is 13.3. The molecule has 31 heavy (non-hydrogen) atoms. The second kappa shape index (κ2) is 13.9. The van der Waals surface area contributed by atoms with E-state index in [4.69, 9.17) is 23.2 Å². The zero-order valence-electron chi connectivity index (χ0n) is 17.3. The van der Waals surface area contributed by atoms with E-state index < -0.39 is 0 Å². The Morgan fingerprint density at radius 1 is 0.710 bits per heavy atom. The molecule has 8 heteroatoms. The minimum Gasteiger partial charge on any atom is -1.00 e. The number of rotatable bonds is 4. The molecule has 2 aromatic carbocycles. The Hall–Kier alpha value is -1.39. The molecule has 0 fully saturated rings. The van der Waals surface area contributed by atoms with E-state index in [9.17, 15) is 9.59 Å². The third-order valence-corrected chi connectivity index (χ3v) is 6.85. The number of Topliss-reactive ketones (excluding diaryl/α,β-unsaturated/α-hetero) is 2. The minimum absolute atomic E-state index is 0. The number of halogens is 4. The van der Waals surface area contributed by atoms with Crippen LogP contribution in [-0.2, 0) is 15.0 Å². The van der Waals surface area contributed by atoms with Gasteiger partial charge in [0.05, 0.1) is 0 Å². The van der Waals surface area contributed by atoms with Crippen LogP contribution in [0, 0.1) is 13.8 Å². The van der Waals surface area contributed by atoms with Crippen molar-refractivity contribution in [3.8, 4) is 0 Å². The molecule has 3 nitrogen and oxygen atoms in total. The van der Waals surface area contributed by atoms with Gasteiger partial charge in [-0.1, -0.05) is 6.07 Å². The average Bonchev–Trinajstić information content (AvgIpc) is 2.67. The van der Waals surface area contributed by atoms with E-state index in [1.165, 1.54) is 25.0 Å². The first-order valence-corrected chi connectivity index (χ1v) is 10.7. The number of aryl methyl sites for hydroxylation is 2. The Morgan fingerprint density at radius 2 is 1.06 bits per heavy atom. The SMILES string of the molecule is CC(=O)c1cccc(C(C)=O)n1.Cc1cccc(Cl)[c]1[Fe+2][c]1c(C)cccc1Cl.[Cl-].[Cl-]. The number of pyridine rings is 1. The van der Waals surface area contributed by atoms with Crippen molar-refractivity contribution in [2.45, 2.75) is 27.7 Å². The summed E-state index contributed by atoms with van der Waals surface area (Å²) in [5.41, 5.74) is 3.08. The quantitative estimate of drug-likeness (QED) is 0.320. The molecule has 0 spiro atoms. The summed E-state index contributed by atoms with van der Waals surface area (Å²) in [4.78, 5) is 25.6. The number of hydrogen-bond donors (Lipinski definition) is 0. The summed E-state index contributed by atoms with van der Waals surface area (Å²) in [5, 5.41) is 1.62. The van der Waals surface area contributed by atoms with Crippen LogP contribution in [0.15, 0.2) is 54.6 Å². The fourth-order valence-electron chi connectivity index (χ4n) is 2.35. The number of benzene rings is 2. The Morgan fingerprint density at radius 3 is 1.39 bits per heavy atom. The Balaban J connectivity index is 0.000000575. The molecule has 166 valence electrons. The van der Waals surface area contributed by atoms with Gasteiger partial charge in [-0.25, -0.2) is 4.98 Å². The number of aromatic nitrogens is 1. The number of carbonyl (C=O) groups is 2. The van der Waals surface area contributed by atoms with Crippen molar-refractivity contribution in [1.82, 2.24) is 4.98 Å². The molecule has 3 aromatic rings. The van der Waals surface area contributed by atoms with Crippen molar-refractivity contribution < 1.29 is 49.4 Å². The second-order valence-electron chi connectivity index (χ2n) is 6.33. The van der Waals surface area contributed by atoms with Crippen molar-refractivity contribution >= 4 is 43.7 Å². The van der Waals surface area contributed by atoms with Gasteiger partial charge in [-0.2, -0.15) is 0 Å². The van der Waals surface area contributed by atoms with E-state index >= 15 is 0 Å². The smallest absolute Gasteiger partial charge is 1.00 e. The van der Waals surface area contributed by atoms with E-state index in [1.807, 2.05) is 24.3 Å². The first-order chi connectivity index (χ1) is 13.7. The Bertz CT molecular complexity index is 938. The van der Waals surface area contributed by atoms with Gasteiger partial charge in [0.1, 0.15) is 11.4 Å². The maximum Gasteiger partial charge on any atom is -1.00 e. The zero-order valence-corrected chi connectivity index (χ0v) is 21.5. The van der Waals surface area contributed by atoms with E-state index in [-0.39, 0.29) is 36.4 Å². The molecular formula is C23H21Cl4FeNO2. The van der Waals surface area contributed by atoms with Gasteiger partial charge in [0, 0.05) is 13.8 Å². The van der Waals surface area contributed by atoms with E-state index in [0.717, 1.165) is 33.9 Å². The van der Waals surface area contributed by atoms with Gasteiger partial charge in [-0.05, 0) is 12.1 Å². The molecule has 0 amide bonds. The van der Waals surface area contributed by atoms with E-state index in [1.54, 1.807) is 18.2 Å². The summed E-state index contributed by atoms with van der Waals surface area (Å²) in [7, 11) is 0. The van der Waals surface area contributed by atoms with Gasteiger partial charge in [-0.3, -0.25) is 9.59 Å². The third kappa shape index (κ3) is 8.57. The average molecular weight is 541 g/mol. The summed E-state index contributed by atoms with van der Waals surface area (Å²) in [6, 6.07) is 16.8. The first kappa shape index (κ1) is 29.6. The number of ketones is 2. The van der Waals surface area contributed by atoms with E-state index in [0.29, 0.717) is 11.4 Å². The largest absolute Gasteiger partial charge is 1.00 e. The third-order valence-electron chi connectivity index (χ3n) is 3.91. The molecule has 1 aromatic heterocycles. The molecule has 0 aliphatic rings. The van der Waals surface area contributed by atoms with Gasteiger partial charge < -0.3 is 24.8 Å². The number of carbonyl (C=O) groups excluding carboxylic acids is 2. The number of nitrogens with zero attached hydrogens (tertiary/aromatic N) is 1. The molecule has 0 saturated heterocycles. The minimum atomic E-state index is -0.127. The van der Waals surface area contributed by atoms with Gasteiger partial charge in [0.15, 0.2) is 11.6 Å². The maximum absolute atomic E-state index is 10.8. The fourth-order valence-corrected chi connectivity index (χ4v) is 4.42. The number of hydrogen-bond acceptors (Lipinski definition) is 3. The van der Waals surface area contributed by atoms with Crippen LogP contribution in [0.2, 0.25) is 10.0 Å². The van der Waals surface area contributed by atoms with Crippen LogP contribution in [0.3, 0.4) is 0 Å². The molecule has 0 atom stereocenters. The summed E-state index contributed by atoms with van der Waals surface area (Å²) in [6.45, 7) is 7.00. The second-order valence-corrected chi connectivity index (χ2v) is 8.52. The normalized spacial score (nSPS) is 9.48. The molecular weight excluding hydrogens is 520 g/mol. The van der Waals surface area contributed by atoms with Crippen LogP contribution in [0.5, 0.6) is 0 Å². The standard InChI is InChI=1S/C9H9NO2.2C7H6Cl.2ClH.Fe/c1-6(11)8-4-3-5-9(10-8)7(2)12;2*1-6-3-2-4-7(8)5-6;;;/h3-5H,1-2H3;2*2-4H,1H3;2*1H;/q;;;;;+2/p-2. The molecule has 0 unspecified atom stereocenters. The van der Waals surface area contributed by atoms with Crippen molar-refractivity contribution in [3.05, 3.63) is 87.2 Å². The molecule has 0 radical (unpaired) electrons. The molecule has 1 heterocycles. The first-order valence-electron chi connectivity index (χ1n) is 8.82. The topological polar surface area (TPSA) is 47.0 Å².